The van der Waals surface area contributed by atoms with E-state index in [1.54, 1.807) is 0 Å². The molecule has 1 aliphatic carbocycles. The second-order valence-corrected chi connectivity index (χ2v) is 4.29. The molecule has 1 aromatic rings. The van der Waals surface area contributed by atoms with Crippen molar-refractivity contribution in [2.75, 3.05) is 0 Å². The summed E-state index contributed by atoms with van der Waals surface area (Å²) in [6.45, 7) is 2.37. The molecule has 0 saturated heterocycles. The standard InChI is InChI=1S/C13H17.2Y/c1-11-7-9-13(10-8-11)12-5-3-2-4-6-12;;/h3-6,11,13H,7-10H2,1H3;;/q-1;;. The molecule has 0 spiro atoms. The Morgan fingerprint density at radius 2 is 1.53 bits per heavy atom. The predicted octanol–water partition coefficient (Wildman–Crippen LogP) is 3.78. The van der Waals surface area contributed by atoms with E-state index >= 15 is 0 Å². The smallest absolute Gasteiger partial charge is 0 e. The first kappa shape index (κ1) is 16.4. The quantitative estimate of drug-likeness (QED) is 0.676. The fraction of sp³-hybridized carbons (Fsp3) is 0.538. The molecule has 1 saturated carbocycles. The number of hydrogen-bond acceptors (Lipinski definition) is 0. The van der Waals surface area contributed by atoms with E-state index in [4.69, 9.17) is 0 Å². The topological polar surface area (TPSA) is 0 Å². The van der Waals surface area contributed by atoms with E-state index < -0.39 is 0 Å². The molecule has 2 radical (unpaired) electrons. The molecule has 0 bridgehead atoms. The summed E-state index contributed by atoms with van der Waals surface area (Å²) in [5, 5.41) is 0. The summed E-state index contributed by atoms with van der Waals surface area (Å²) in [6.07, 6.45) is 5.57. The number of benzene rings is 1. The zero-order valence-corrected chi connectivity index (χ0v) is 15.1. The molecule has 0 nitrogen and oxygen atoms in total. The van der Waals surface area contributed by atoms with Gasteiger partial charge in [0.25, 0.3) is 0 Å². The maximum Gasteiger partial charge on any atom is 0 e. The van der Waals surface area contributed by atoms with Gasteiger partial charge in [-0.25, -0.2) is 0 Å². The van der Waals surface area contributed by atoms with Crippen LogP contribution in [0.15, 0.2) is 24.3 Å². The molecule has 0 unspecified atom stereocenters. The Morgan fingerprint density at radius 1 is 1.00 bits per heavy atom. The summed E-state index contributed by atoms with van der Waals surface area (Å²) in [5.74, 6) is 1.78. The van der Waals surface area contributed by atoms with Crippen molar-refractivity contribution in [1.29, 1.82) is 0 Å². The van der Waals surface area contributed by atoms with Crippen LogP contribution in [0.4, 0.5) is 0 Å². The van der Waals surface area contributed by atoms with Gasteiger partial charge in [0.15, 0.2) is 0 Å². The van der Waals surface area contributed by atoms with Gasteiger partial charge in [-0.2, -0.15) is 35.9 Å². The molecule has 1 aliphatic rings. The Hall–Kier alpha value is 1.43. The van der Waals surface area contributed by atoms with E-state index in [-0.39, 0.29) is 65.4 Å². The molecule has 2 heteroatoms. The third kappa shape index (κ3) is 5.07. The van der Waals surface area contributed by atoms with Crippen molar-refractivity contribution in [2.45, 2.75) is 38.5 Å². The molecule has 2 rings (SSSR count). The number of rotatable bonds is 1. The Labute approximate surface area is 144 Å². The Morgan fingerprint density at radius 3 is 2.07 bits per heavy atom. The van der Waals surface area contributed by atoms with Crippen LogP contribution in [0.5, 0.6) is 0 Å². The van der Waals surface area contributed by atoms with Gasteiger partial charge in [0.1, 0.15) is 0 Å². The van der Waals surface area contributed by atoms with Crippen molar-refractivity contribution >= 4 is 0 Å². The van der Waals surface area contributed by atoms with Crippen molar-refractivity contribution in [1.82, 2.24) is 0 Å². The van der Waals surface area contributed by atoms with Crippen LogP contribution in [0.2, 0.25) is 0 Å². The summed E-state index contributed by atoms with van der Waals surface area (Å²) in [4.78, 5) is 0. The van der Waals surface area contributed by atoms with E-state index in [1.807, 2.05) is 12.1 Å². The van der Waals surface area contributed by atoms with Gasteiger partial charge in [-0.3, -0.25) is 0 Å². The molecule has 76 valence electrons. The van der Waals surface area contributed by atoms with Crippen LogP contribution in [-0.2, 0) is 65.4 Å². The first-order chi connectivity index (χ1) is 6.36. The summed E-state index contributed by atoms with van der Waals surface area (Å²) < 4.78 is 0. The van der Waals surface area contributed by atoms with E-state index in [0.29, 0.717) is 0 Å². The molecule has 15 heavy (non-hydrogen) atoms. The van der Waals surface area contributed by atoms with Gasteiger partial charge in [-0.15, -0.1) is 0 Å². The van der Waals surface area contributed by atoms with Gasteiger partial charge in [-0.05, 0) is 24.7 Å². The predicted molar refractivity (Wildman–Crippen MR) is 55.7 cm³/mol. The zero-order chi connectivity index (χ0) is 9.10. The van der Waals surface area contributed by atoms with E-state index in [0.717, 1.165) is 11.8 Å². The van der Waals surface area contributed by atoms with Crippen molar-refractivity contribution < 1.29 is 65.4 Å². The minimum atomic E-state index is 0. The van der Waals surface area contributed by atoms with Gasteiger partial charge < -0.3 is 0 Å². The van der Waals surface area contributed by atoms with Gasteiger partial charge in [0, 0.05) is 65.4 Å². The molecule has 0 amide bonds. The first-order valence-corrected chi connectivity index (χ1v) is 5.32. The summed E-state index contributed by atoms with van der Waals surface area (Å²) >= 11 is 0. The van der Waals surface area contributed by atoms with Crippen LogP contribution >= 0.6 is 0 Å². The van der Waals surface area contributed by atoms with Crippen molar-refractivity contribution in [2.24, 2.45) is 5.92 Å². The van der Waals surface area contributed by atoms with Gasteiger partial charge in [0.2, 0.25) is 0 Å². The molecule has 0 aromatic heterocycles. The van der Waals surface area contributed by atoms with Gasteiger partial charge in [-0.1, -0.05) is 19.8 Å². The van der Waals surface area contributed by atoms with Gasteiger partial charge >= 0.3 is 0 Å². The van der Waals surface area contributed by atoms with E-state index in [2.05, 4.69) is 25.1 Å². The largest absolute Gasteiger partial charge is 0.184 e. The molecule has 0 atom stereocenters. The monoisotopic (exact) mass is 351 g/mol. The fourth-order valence-electron chi connectivity index (χ4n) is 2.27. The maximum absolute atomic E-state index is 3.08. The minimum absolute atomic E-state index is 0. The second kappa shape index (κ2) is 8.51. The summed E-state index contributed by atoms with van der Waals surface area (Å²) in [6, 6.07) is 11.6. The molecule has 0 aliphatic heterocycles. The zero-order valence-electron chi connectivity index (χ0n) is 9.45. The van der Waals surface area contributed by atoms with Crippen molar-refractivity contribution in [3.63, 3.8) is 0 Å². The Kier molecular flexibility index (Phi) is 9.32. The molecule has 1 fully saturated rings. The van der Waals surface area contributed by atoms with Crippen LogP contribution in [0, 0.1) is 12.0 Å². The van der Waals surface area contributed by atoms with Crippen LogP contribution in [0.25, 0.3) is 0 Å². The van der Waals surface area contributed by atoms with Crippen molar-refractivity contribution in [3.8, 4) is 0 Å². The van der Waals surface area contributed by atoms with E-state index in [1.165, 1.54) is 31.2 Å². The number of hydrogen-bond donors (Lipinski definition) is 0. The minimum Gasteiger partial charge on any atom is -0.184 e. The van der Waals surface area contributed by atoms with Crippen LogP contribution in [-0.4, -0.2) is 0 Å². The van der Waals surface area contributed by atoms with Crippen LogP contribution in [0.1, 0.15) is 44.1 Å². The second-order valence-electron chi connectivity index (χ2n) is 4.29. The third-order valence-corrected chi connectivity index (χ3v) is 3.23. The summed E-state index contributed by atoms with van der Waals surface area (Å²) in [7, 11) is 0. The molecule has 0 N–H and O–H groups in total. The maximum atomic E-state index is 3.08. The SMILES string of the molecule is CC1CCC(c2cc[c-]cc2)CC1.[Y].[Y]. The van der Waals surface area contributed by atoms with Crippen LogP contribution in [0.3, 0.4) is 0 Å². The Bertz CT molecular complexity index is 250. The molecule has 1 aromatic carbocycles. The molecular formula is C13H17Y2-. The third-order valence-electron chi connectivity index (χ3n) is 3.23. The fourth-order valence-corrected chi connectivity index (χ4v) is 2.27. The van der Waals surface area contributed by atoms with E-state index in [9.17, 15) is 0 Å². The average molecular weight is 351 g/mol. The van der Waals surface area contributed by atoms with Gasteiger partial charge in [0.05, 0.1) is 0 Å². The molecule has 0 heterocycles. The Balaban J connectivity index is 0.000000980. The van der Waals surface area contributed by atoms with Crippen molar-refractivity contribution in [3.05, 3.63) is 35.9 Å². The first-order valence-electron chi connectivity index (χ1n) is 5.32. The molecular weight excluding hydrogens is 334 g/mol. The van der Waals surface area contributed by atoms with Crippen LogP contribution < -0.4 is 0 Å². The average Bonchev–Trinajstić information content (AvgIpc) is 2.20. The normalized spacial score (nSPS) is 24.9. The summed E-state index contributed by atoms with van der Waals surface area (Å²) in [5.41, 5.74) is 1.52.